The molecule has 2 heterocycles. The molecular formula is C8H5ClN4O2. The molecule has 2 aromatic rings. The van der Waals surface area contributed by atoms with Crippen molar-refractivity contribution in [1.29, 1.82) is 0 Å². The highest BCUT2D eigenvalue weighted by Crippen LogP contribution is 2.23. The summed E-state index contributed by atoms with van der Waals surface area (Å²) in [5, 5.41) is 11.0. The number of aromatic amines is 1. The van der Waals surface area contributed by atoms with E-state index in [0.717, 1.165) is 6.20 Å². The molecule has 7 heteroatoms. The maximum atomic E-state index is 10.2. The van der Waals surface area contributed by atoms with Gasteiger partial charge in [-0.05, 0) is 0 Å². The molecule has 0 unspecified atom stereocenters. The average molecular weight is 225 g/mol. The van der Waals surface area contributed by atoms with Gasteiger partial charge >= 0.3 is 0 Å². The van der Waals surface area contributed by atoms with Gasteiger partial charge in [-0.25, -0.2) is 9.97 Å². The van der Waals surface area contributed by atoms with E-state index < -0.39 is 4.92 Å². The van der Waals surface area contributed by atoms with E-state index >= 15 is 0 Å². The molecular weight excluding hydrogens is 220 g/mol. The van der Waals surface area contributed by atoms with Crippen molar-refractivity contribution in [3.63, 3.8) is 0 Å². The van der Waals surface area contributed by atoms with Gasteiger partial charge in [0.05, 0.1) is 10.3 Å². The van der Waals surface area contributed by atoms with E-state index in [-0.39, 0.29) is 5.15 Å². The first-order valence-electron chi connectivity index (χ1n) is 3.98. The minimum atomic E-state index is -0.545. The smallest absolute Gasteiger partial charge is 0.235 e. The first-order valence-corrected chi connectivity index (χ1v) is 4.35. The number of nitro groups is 1. The molecule has 0 atom stereocenters. The highest BCUT2D eigenvalue weighted by molar-refractivity contribution is 6.34. The van der Waals surface area contributed by atoms with Gasteiger partial charge in [-0.3, -0.25) is 10.1 Å². The molecule has 0 saturated heterocycles. The van der Waals surface area contributed by atoms with Crippen molar-refractivity contribution in [2.24, 2.45) is 0 Å². The second-order valence-electron chi connectivity index (χ2n) is 2.73. The Bertz CT molecular complexity index is 549. The molecule has 0 amide bonds. The quantitative estimate of drug-likeness (QED) is 0.479. The third-order valence-electron chi connectivity index (χ3n) is 1.83. The number of fused-ring (bicyclic) bond motifs is 1. The standard InChI is InChI=1S/C8H5ClN4O2/c9-7-6-5(1-2-13(14)15)3-10-8(6)12-4-11-7/h1-4H,(H,10,11,12)/b2-1+. The summed E-state index contributed by atoms with van der Waals surface area (Å²) in [6.07, 6.45) is 5.09. The second kappa shape index (κ2) is 3.66. The first kappa shape index (κ1) is 9.60. The van der Waals surface area contributed by atoms with Crippen molar-refractivity contribution in [1.82, 2.24) is 15.0 Å². The average Bonchev–Trinajstić information content (AvgIpc) is 2.59. The van der Waals surface area contributed by atoms with Gasteiger partial charge in [0.25, 0.3) is 0 Å². The van der Waals surface area contributed by atoms with E-state index in [1.54, 1.807) is 6.20 Å². The van der Waals surface area contributed by atoms with Crippen LogP contribution in [0.2, 0.25) is 5.15 Å². The first-order chi connectivity index (χ1) is 7.18. The Balaban J connectivity index is 2.57. The molecule has 1 N–H and O–H groups in total. The summed E-state index contributed by atoms with van der Waals surface area (Å²) >= 11 is 5.84. The summed E-state index contributed by atoms with van der Waals surface area (Å²) in [4.78, 5) is 20.2. The monoisotopic (exact) mass is 224 g/mol. The van der Waals surface area contributed by atoms with Crippen LogP contribution in [0.1, 0.15) is 5.56 Å². The van der Waals surface area contributed by atoms with Crippen molar-refractivity contribution >= 4 is 28.7 Å². The predicted molar refractivity (Wildman–Crippen MR) is 54.9 cm³/mol. The topological polar surface area (TPSA) is 84.7 Å². The predicted octanol–water partition coefficient (Wildman–Crippen LogP) is 1.86. The number of rotatable bonds is 2. The van der Waals surface area contributed by atoms with Crippen molar-refractivity contribution in [2.75, 3.05) is 0 Å². The Morgan fingerprint density at radius 3 is 3.07 bits per heavy atom. The number of hydrogen-bond acceptors (Lipinski definition) is 4. The van der Waals surface area contributed by atoms with Gasteiger partial charge < -0.3 is 4.98 Å². The molecule has 0 fully saturated rings. The molecule has 2 aromatic heterocycles. The normalized spacial score (nSPS) is 11.3. The summed E-state index contributed by atoms with van der Waals surface area (Å²) in [7, 11) is 0. The number of aromatic nitrogens is 3. The Hall–Kier alpha value is -1.95. The Morgan fingerprint density at radius 1 is 1.53 bits per heavy atom. The van der Waals surface area contributed by atoms with Gasteiger partial charge in [0.2, 0.25) is 6.20 Å². The summed E-state index contributed by atoms with van der Waals surface area (Å²) in [6, 6.07) is 0. The number of nitrogens with one attached hydrogen (secondary N) is 1. The van der Waals surface area contributed by atoms with Crippen molar-refractivity contribution < 1.29 is 4.92 Å². The molecule has 0 aliphatic heterocycles. The molecule has 6 nitrogen and oxygen atoms in total. The van der Waals surface area contributed by atoms with E-state index in [1.165, 1.54) is 12.4 Å². The maximum Gasteiger partial charge on any atom is 0.235 e. The van der Waals surface area contributed by atoms with E-state index in [2.05, 4.69) is 15.0 Å². The molecule has 2 rings (SSSR count). The van der Waals surface area contributed by atoms with Crippen LogP contribution >= 0.6 is 11.6 Å². The molecule has 0 aromatic carbocycles. The molecule has 0 bridgehead atoms. The largest absolute Gasteiger partial charge is 0.345 e. The minimum absolute atomic E-state index is 0.268. The van der Waals surface area contributed by atoms with Crippen LogP contribution in [-0.2, 0) is 0 Å². The highest BCUT2D eigenvalue weighted by Gasteiger charge is 2.07. The van der Waals surface area contributed by atoms with Crippen LogP contribution in [0.5, 0.6) is 0 Å². The third kappa shape index (κ3) is 1.79. The zero-order valence-electron chi connectivity index (χ0n) is 7.35. The fourth-order valence-electron chi connectivity index (χ4n) is 1.22. The van der Waals surface area contributed by atoms with E-state index in [9.17, 15) is 10.1 Å². The van der Waals surface area contributed by atoms with Gasteiger partial charge in [-0.2, -0.15) is 0 Å². The van der Waals surface area contributed by atoms with Crippen LogP contribution in [0.25, 0.3) is 17.1 Å². The van der Waals surface area contributed by atoms with Crippen molar-refractivity contribution in [2.45, 2.75) is 0 Å². The lowest BCUT2D eigenvalue weighted by atomic mass is 10.2. The minimum Gasteiger partial charge on any atom is -0.345 e. The lowest BCUT2D eigenvalue weighted by molar-refractivity contribution is -0.400. The number of H-pyrrole nitrogens is 1. The van der Waals surface area contributed by atoms with Crippen LogP contribution in [0.3, 0.4) is 0 Å². The van der Waals surface area contributed by atoms with Crippen molar-refractivity contribution in [3.05, 3.63) is 39.6 Å². The van der Waals surface area contributed by atoms with Gasteiger partial charge in [0.15, 0.2) is 0 Å². The molecule has 0 aliphatic carbocycles. The van der Waals surface area contributed by atoms with Crippen LogP contribution in [0.4, 0.5) is 0 Å². The molecule has 0 aliphatic rings. The third-order valence-corrected chi connectivity index (χ3v) is 2.12. The molecule has 0 radical (unpaired) electrons. The highest BCUT2D eigenvalue weighted by atomic mass is 35.5. The zero-order valence-corrected chi connectivity index (χ0v) is 8.10. The van der Waals surface area contributed by atoms with Crippen LogP contribution in [-0.4, -0.2) is 19.9 Å². The number of halogens is 1. The molecule has 76 valence electrons. The molecule has 15 heavy (non-hydrogen) atoms. The summed E-state index contributed by atoms with van der Waals surface area (Å²) in [5.41, 5.74) is 1.14. The van der Waals surface area contributed by atoms with Gasteiger partial charge in [0.1, 0.15) is 17.1 Å². The second-order valence-corrected chi connectivity index (χ2v) is 3.09. The summed E-state index contributed by atoms with van der Waals surface area (Å²) in [5.74, 6) is 0. The van der Waals surface area contributed by atoms with Crippen LogP contribution in [0, 0.1) is 10.1 Å². The Kier molecular flexibility index (Phi) is 2.34. The lowest BCUT2D eigenvalue weighted by Crippen LogP contribution is -1.83. The van der Waals surface area contributed by atoms with Crippen LogP contribution in [0.15, 0.2) is 18.7 Å². The van der Waals surface area contributed by atoms with Gasteiger partial charge in [0, 0.05) is 17.8 Å². The summed E-state index contributed by atoms with van der Waals surface area (Å²) in [6.45, 7) is 0. The number of hydrogen-bond donors (Lipinski definition) is 1. The lowest BCUT2D eigenvalue weighted by Gasteiger charge is -1.92. The van der Waals surface area contributed by atoms with Gasteiger partial charge in [-0.1, -0.05) is 11.6 Å². The summed E-state index contributed by atoms with van der Waals surface area (Å²) < 4.78 is 0. The van der Waals surface area contributed by atoms with Crippen molar-refractivity contribution in [3.8, 4) is 0 Å². The Morgan fingerprint density at radius 2 is 2.33 bits per heavy atom. The van der Waals surface area contributed by atoms with Crippen LogP contribution < -0.4 is 0 Å². The van der Waals surface area contributed by atoms with E-state index in [0.29, 0.717) is 16.6 Å². The van der Waals surface area contributed by atoms with E-state index in [4.69, 9.17) is 11.6 Å². The Labute approximate surface area is 88.8 Å². The molecule has 0 spiro atoms. The fourth-order valence-corrected chi connectivity index (χ4v) is 1.46. The van der Waals surface area contributed by atoms with Gasteiger partial charge in [-0.15, -0.1) is 0 Å². The fraction of sp³-hybridized carbons (Fsp3) is 0. The van der Waals surface area contributed by atoms with E-state index in [1.807, 2.05) is 0 Å². The molecule has 0 saturated carbocycles. The maximum absolute atomic E-state index is 10.2. The number of nitrogens with zero attached hydrogens (tertiary/aromatic N) is 3. The zero-order chi connectivity index (χ0) is 10.8. The SMILES string of the molecule is O=[N+]([O-])/C=C/c1c[nH]c2ncnc(Cl)c12.